The normalized spacial score (nSPS) is 12.6. The molecule has 1 aliphatic heterocycles. The fourth-order valence-electron chi connectivity index (χ4n) is 2.54. The Balaban J connectivity index is 1.45. The number of rotatable bonds is 5. The summed E-state index contributed by atoms with van der Waals surface area (Å²) in [6.07, 6.45) is 0.794. The number of esters is 1. The van der Waals surface area contributed by atoms with Gasteiger partial charge in [0.1, 0.15) is 6.54 Å². The van der Waals surface area contributed by atoms with Gasteiger partial charge < -0.3 is 15.0 Å². The van der Waals surface area contributed by atoms with Crippen molar-refractivity contribution in [3.63, 3.8) is 0 Å². The smallest absolute Gasteiger partial charge is 0.325 e. The quantitative estimate of drug-likeness (QED) is 0.750. The van der Waals surface area contributed by atoms with Crippen LogP contribution < -0.4 is 10.2 Å². The van der Waals surface area contributed by atoms with Crippen LogP contribution in [0.1, 0.15) is 15.2 Å². The van der Waals surface area contributed by atoms with Crippen molar-refractivity contribution in [2.75, 3.05) is 24.6 Å². The lowest BCUT2D eigenvalue weighted by Gasteiger charge is -2.17. The Morgan fingerprint density at radius 3 is 2.76 bits per heavy atom. The second-order valence-corrected chi connectivity index (χ2v) is 7.83. The van der Waals surface area contributed by atoms with Gasteiger partial charge in [-0.2, -0.15) is 0 Å². The monoisotopic (exact) mass is 422 g/mol. The summed E-state index contributed by atoms with van der Waals surface area (Å²) in [5.41, 5.74) is 1.97. The third-order valence-corrected chi connectivity index (χ3v) is 5.36. The lowest BCUT2D eigenvalue weighted by atomic mass is 10.2. The fourth-order valence-corrected chi connectivity index (χ4v) is 3.85. The maximum Gasteiger partial charge on any atom is 0.325 e. The highest BCUT2D eigenvalue weighted by atomic mass is 79.9. The number of benzene rings is 1. The van der Waals surface area contributed by atoms with Crippen LogP contribution in [0.25, 0.3) is 0 Å². The van der Waals surface area contributed by atoms with Crippen LogP contribution in [-0.4, -0.2) is 37.5 Å². The first-order chi connectivity index (χ1) is 12.0. The van der Waals surface area contributed by atoms with E-state index in [0.717, 1.165) is 21.5 Å². The number of ether oxygens (including phenoxy) is 1. The molecule has 25 heavy (non-hydrogen) atoms. The third-order valence-electron chi connectivity index (χ3n) is 3.74. The zero-order valence-electron chi connectivity index (χ0n) is 13.2. The zero-order valence-corrected chi connectivity index (χ0v) is 15.6. The maximum atomic E-state index is 12.2. The van der Waals surface area contributed by atoms with Crippen LogP contribution in [0.15, 0.2) is 40.2 Å². The number of fused-ring (bicyclic) bond motifs is 1. The largest absolute Gasteiger partial charge is 0.454 e. The summed E-state index contributed by atoms with van der Waals surface area (Å²) in [7, 11) is 0. The number of para-hydroxylation sites is 1. The number of carbonyl (C=O) groups excluding carboxylic acids is 3. The number of thiophene rings is 1. The Labute approximate surface area is 156 Å². The van der Waals surface area contributed by atoms with E-state index in [2.05, 4.69) is 21.2 Å². The number of hydrogen-bond donors (Lipinski definition) is 1. The topological polar surface area (TPSA) is 75.7 Å². The molecule has 2 heterocycles. The molecular formula is C17H15BrN2O4S. The summed E-state index contributed by atoms with van der Waals surface area (Å²) in [6.45, 7) is -0.0362. The summed E-state index contributed by atoms with van der Waals surface area (Å²) >= 11 is 4.54. The van der Waals surface area contributed by atoms with Gasteiger partial charge in [0.2, 0.25) is 0 Å². The Bertz CT molecular complexity index is 820. The Hall–Kier alpha value is -2.19. The molecule has 1 aromatic heterocycles. The molecular weight excluding hydrogens is 408 g/mol. The molecule has 0 unspecified atom stereocenters. The average molecular weight is 423 g/mol. The van der Waals surface area contributed by atoms with Gasteiger partial charge in [-0.3, -0.25) is 14.4 Å². The van der Waals surface area contributed by atoms with Crippen LogP contribution in [0.2, 0.25) is 0 Å². The van der Waals surface area contributed by atoms with Gasteiger partial charge >= 0.3 is 5.97 Å². The molecule has 130 valence electrons. The maximum absolute atomic E-state index is 12.2. The van der Waals surface area contributed by atoms with Crippen molar-refractivity contribution in [2.24, 2.45) is 0 Å². The second kappa shape index (κ2) is 7.79. The van der Waals surface area contributed by atoms with Gasteiger partial charge in [-0.15, -0.1) is 11.3 Å². The van der Waals surface area contributed by atoms with Crippen molar-refractivity contribution in [3.8, 4) is 0 Å². The van der Waals surface area contributed by atoms with Gasteiger partial charge in [-0.25, -0.2) is 0 Å². The molecule has 2 amide bonds. The van der Waals surface area contributed by atoms with E-state index in [-0.39, 0.29) is 25.0 Å². The third kappa shape index (κ3) is 4.26. The van der Waals surface area contributed by atoms with E-state index in [1.807, 2.05) is 24.3 Å². The minimum Gasteiger partial charge on any atom is -0.454 e. The minimum atomic E-state index is -0.648. The predicted molar refractivity (Wildman–Crippen MR) is 97.8 cm³/mol. The van der Waals surface area contributed by atoms with E-state index in [1.165, 1.54) is 11.3 Å². The molecule has 2 aromatic rings. The number of nitrogens with zero attached hydrogens (tertiary/aromatic N) is 1. The van der Waals surface area contributed by atoms with Crippen molar-refractivity contribution in [3.05, 3.63) is 50.6 Å². The molecule has 0 saturated heterocycles. The number of hydrogen-bond acceptors (Lipinski definition) is 5. The molecule has 6 nitrogen and oxygen atoms in total. The lowest BCUT2D eigenvalue weighted by Crippen LogP contribution is -2.35. The first kappa shape index (κ1) is 17.6. The minimum absolute atomic E-state index is 0.271. The van der Waals surface area contributed by atoms with E-state index in [4.69, 9.17) is 4.74 Å². The summed E-state index contributed by atoms with van der Waals surface area (Å²) in [5.74, 6) is -1.27. The average Bonchev–Trinajstić information content (AvgIpc) is 3.23. The van der Waals surface area contributed by atoms with E-state index in [9.17, 15) is 14.4 Å². The molecule has 1 aliphatic rings. The first-order valence-corrected chi connectivity index (χ1v) is 9.23. The highest BCUT2D eigenvalue weighted by molar-refractivity contribution is 9.11. The lowest BCUT2D eigenvalue weighted by molar-refractivity contribution is -0.146. The van der Waals surface area contributed by atoms with Gasteiger partial charge in [-0.1, -0.05) is 18.2 Å². The van der Waals surface area contributed by atoms with Gasteiger partial charge in [0.25, 0.3) is 11.8 Å². The van der Waals surface area contributed by atoms with Crippen LogP contribution in [0.5, 0.6) is 0 Å². The fraction of sp³-hybridized carbons (Fsp3) is 0.235. The number of nitrogens with one attached hydrogen (secondary N) is 1. The molecule has 0 fully saturated rings. The molecule has 0 saturated carbocycles. The molecule has 0 radical (unpaired) electrons. The van der Waals surface area contributed by atoms with E-state index in [1.54, 1.807) is 17.0 Å². The number of anilines is 1. The Morgan fingerprint density at radius 1 is 1.20 bits per heavy atom. The van der Waals surface area contributed by atoms with Crippen LogP contribution in [-0.2, 0) is 20.7 Å². The molecule has 3 rings (SSSR count). The van der Waals surface area contributed by atoms with Crippen molar-refractivity contribution in [2.45, 2.75) is 6.42 Å². The van der Waals surface area contributed by atoms with Crippen molar-refractivity contribution in [1.82, 2.24) is 5.32 Å². The summed E-state index contributed by atoms with van der Waals surface area (Å²) in [4.78, 5) is 37.9. The second-order valence-electron chi connectivity index (χ2n) is 5.37. The molecule has 1 aromatic carbocycles. The van der Waals surface area contributed by atoms with Gasteiger partial charge in [-0.05, 0) is 46.1 Å². The molecule has 0 spiro atoms. The number of halogens is 1. The van der Waals surface area contributed by atoms with Crippen LogP contribution in [0.3, 0.4) is 0 Å². The van der Waals surface area contributed by atoms with Gasteiger partial charge in [0.15, 0.2) is 6.61 Å². The molecule has 8 heteroatoms. The van der Waals surface area contributed by atoms with Crippen molar-refractivity contribution < 1.29 is 19.1 Å². The Kier molecular flexibility index (Phi) is 5.50. The van der Waals surface area contributed by atoms with E-state index < -0.39 is 5.97 Å². The van der Waals surface area contributed by atoms with Crippen molar-refractivity contribution in [1.29, 1.82) is 0 Å². The van der Waals surface area contributed by atoms with Gasteiger partial charge in [0, 0.05) is 12.2 Å². The predicted octanol–water partition coefficient (Wildman–Crippen LogP) is 2.37. The van der Waals surface area contributed by atoms with Crippen molar-refractivity contribution >= 4 is 50.7 Å². The molecule has 0 atom stereocenters. The van der Waals surface area contributed by atoms with E-state index in [0.29, 0.717) is 11.4 Å². The highest BCUT2D eigenvalue weighted by Gasteiger charge is 2.24. The SMILES string of the molecule is O=C(CNC(=O)c1ccc(Br)s1)OCC(=O)N1CCc2ccccc21. The number of amides is 2. The zero-order chi connectivity index (χ0) is 17.8. The van der Waals surface area contributed by atoms with E-state index >= 15 is 0 Å². The van der Waals surface area contributed by atoms with Gasteiger partial charge in [0.05, 0.1) is 8.66 Å². The molecule has 0 aliphatic carbocycles. The Morgan fingerprint density at radius 2 is 2.00 bits per heavy atom. The summed E-state index contributed by atoms with van der Waals surface area (Å²) in [5, 5.41) is 2.47. The van der Waals surface area contributed by atoms with Crippen LogP contribution in [0, 0.1) is 0 Å². The highest BCUT2D eigenvalue weighted by Crippen LogP contribution is 2.27. The van der Waals surface area contributed by atoms with Crippen LogP contribution >= 0.6 is 27.3 Å². The standard InChI is InChI=1S/C17H15BrN2O4S/c18-14-6-5-13(25-14)17(23)19-9-16(22)24-10-15(21)20-8-7-11-3-1-2-4-12(11)20/h1-6H,7-10H2,(H,19,23). The first-order valence-electron chi connectivity index (χ1n) is 7.62. The molecule has 0 bridgehead atoms. The summed E-state index contributed by atoms with van der Waals surface area (Å²) < 4.78 is 5.80. The summed E-state index contributed by atoms with van der Waals surface area (Å²) in [6, 6.07) is 11.1. The number of carbonyl (C=O) groups is 3. The van der Waals surface area contributed by atoms with Crippen LogP contribution in [0.4, 0.5) is 5.69 Å². The molecule has 1 N–H and O–H groups in total.